The van der Waals surface area contributed by atoms with Crippen molar-refractivity contribution in [2.75, 3.05) is 0 Å². The summed E-state index contributed by atoms with van der Waals surface area (Å²) in [6.07, 6.45) is 3.84. The molecule has 5 aromatic rings. The van der Waals surface area contributed by atoms with Gasteiger partial charge in [-0.2, -0.15) is 10.2 Å². The maximum atomic E-state index is 12.3. The maximum absolute atomic E-state index is 12.3. The number of carbonyl (C=O) groups is 2. The summed E-state index contributed by atoms with van der Waals surface area (Å²) in [4.78, 5) is 32.2. The van der Waals surface area contributed by atoms with Crippen molar-refractivity contribution < 1.29 is 14.7 Å². The summed E-state index contributed by atoms with van der Waals surface area (Å²) in [5.41, 5.74) is 4.36. The Kier molecular flexibility index (Phi) is 4.40. The van der Waals surface area contributed by atoms with Crippen LogP contribution in [0.5, 0.6) is 0 Å². The first-order valence-corrected chi connectivity index (χ1v) is 9.67. The van der Waals surface area contributed by atoms with Crippen LogP contribution in [0.2, 0.25) is 0 Å². The van der Waals surface area contributed by atoms with E-state index in [2.05, 4.69) is 20.2 Å². The molecule has 2 amide bonds. The second-order valence-electron chi connectivity index (χ2n) is 7.30. The lowest BCUT2D eigenvalue weighted by Crippen LogP contribution is -2.29. The van der Waals surface area contributed by atoms with Crippen molar-refractivity contribution >= 4 is 33.8 Å². The first kappa shape index (κ1) is 19.4. The zero-order valence-electron chi connectivity index (χ0n) is 17.1. The average molecular weight is 427 g/mol. The number of nitrogens with one attached hydrogen (secondary N) is 1. The van der Waals surface area contributed by atoms with Gasteiger partial charge < -0.3 is 5.11 Å². The Hall–Kier alpha value is -4.60. The third-order valence-corrected chi connectivity index (χ3v) is 5.14. The summed E-state index contributed by atoms with van der Waals surface area (Å²) in [5.74, 6) is -0.803. The van der Waals surface area contributed by atoms with Gasteiger partial charge in [0.2, 0.25) is 0 Å². The number of hydrogen-bond acceptors (Lipinski definition) is 6. The second kappa shape index (κ2) is 7.27. The predicted octanol–water partition coefficient (Wildman–Crippen LogP) is 2.99. The van der Waals surface area contributed by atoms with Crippen LogP contribution in [0, 0.1) is 0 Å². The highest BCUT2D eigenvalue weighted by Gasteiger charge is 2.18. The van der Waals surface area contributed by atoms with Crippen LogP contribution in [0.3, 0.4) is 0 Å². The van der Waals surface area contributed by atoms with Gasteiger partial charge in [0.25, 0.3) is 5.91 Å². The Bertz CT molecular complexity index is 1530. The average Bonchev–Trinajstić information content (AvgIpc) is 3.35. The minimum absolute atomic E-state index is 0.0123. The van der Waals surface area contributed by atoms with Gasteiger partial charge >= 0.3 is 6.09 Å². The number of imide groups is 1. The number of hydrogen-bond donors (Lipinski definition) is 2. The van der Waals surface area contributed by atoms with E-state index in [4.69, 9.17) is 5.11 Å². The molecule has 32 heavy (non-hydrogen) atoms. The Morgan fingerprint density at radius 2 is 1.91 bits per heavy atom. The lowest BCUT2D eigenvalue weighted by molar-refractivity contribution is 0.0943. The molecular formula is C22H17N7O3. The zero-order chi connectivity index (χ0) is 22.4. The monoisotopic (exact) mass is 427 g/mol. The Labute approximate surface area is 181 Å². The molecule has 0 spiro atoms. The van der Waals surface area contributed by atoms with E-state index in [0.29, 0.717) is 16.6 Å². The van der Waals surface area contributed by atoms with Gasteiger partial charge in [-0.1, -0.05) is 12.1 Å². The minimum atomic E-state index is -1.44. The first-order valence-electron chi connectivity index (χ1n) is 9.67. The van der Waals surface area contributed by atoms with Crippen LogP contribution in [0.15, 0.2) is 55.0 Å². The number of aromatic nitrogens is 6. The van der Waals surface area contributed by atoms with Gasteiger partial charge in [-0.3, -0.25) is 24.5 Å². The van der Waals surface area contributed by atoms with Gasteiger partial charge in [0.15, 0.2) is 0 Å². The van der Waals surface area contributed by atoms with E-state index in [-0.39, 0.29) is 5.69 Å². The molecule has 0 atom stereocenters. The third-order valence-electron chi connectivity index (χ3n) is 5.14. The molecule has 0 aliphatic heterocycles. The number of rotatable bonds is 3. The largest absolute Gasteiger partial charge is 0.465 e. The normalized spacial score (nSPS) is 11.2. The van der Waals surface area contributed by atoms with Crippen molar-refractivity contribution in [3.05, 3.63) is 60.7 Å². The highest BCUT2D eigenvalue weighted by Crippen LogP contribution is 2.33. The summed E-state index contributed by atoms with van der Waals surface area (Å²) in [6, 6.07) is 10.8. The highest BCUT2D eigenvalue weighted by molar-refractivity contribution is 6.05. The number of pyridine rings is 2. The molecule has 10 heteroatoms. The van der Waals surface area contributed by atoms with Crippen molar-refractivity contribution in [3.8, 4) is 22.5 Å². The molecule has 0 aliphatic carbocycles. The number of amides is 2. The van der Waals surface area contributed by atoms with Crippen LogP contribution in [0.25, 0.3) is 44.3 Å². The summed E-state index contributed by atoms with van der Waals surface area (Å²) >= 11 is 0. The molecule has 4 aromatic heterocycles. The van der Waals surface area contributed by atoms with Crippen LogP contribution < -0.4 is 5.32 Å². The number of carbonyl (C=O) groups excluding carboxylic acids is 1. The standard InChI is InChI=1S/C22H17N7O3/c1-28-11-14(10-24-28)18-15-8-13(5-6-17(15)29(2)27-18)20-19-12(4-3-7-23-19)9-16(25-20)21(30)26-22(31)32/h3-11H,1-2H3,(H,26,30)(H,31,32). The molecular weight excluding hydrogens is 410 g/mol. The van der Waals surface area contributed by atoms with Gasteiger partial charge in [-0.05, 0) is 24.3 Å². The van der Waals surface area contributed by atoms with E-state index in [0.717, 1.165) is 27.7 Å². The van der Waals surface area contributed by atoms with Crippen molar-refractivity contribution in [3.63, 3.8) is 0 Å². The van der Waals surface area contributed by atoms with Crippen LogP contribution in [-0.4, -0.2) is 46.6 Å². The fraction of sp³-hybridized carbons (Fsp3) is 0.0909. The van der Waals surface area contributed by atoms with E-state index < -0.39 is 12.0 Å². The van der Waals surface area contributed by atoms with Crippen LogP contribution in [0.1, 0.15) is 10.5 Å². The van der Waals surface area contributed by atoms with Gasteiger partial charge in [-0.15, -0.1) is 0 Å². The highest BCUT2D eigenvalue weighted by atomic mass is 16.4. The fourth-order valence-electron chi connectivity index (χ4n) is 3.73. The van der Waals surface area contributed by atoms with E-state index in [1.165, 1.54) is 6.07 Å². The van der Waals surface area contributed by atoms with Gasteiger partial charge in [0.1, 0.15) is 11.4 Å². The van der Waals surface area contributed by atoms with Gasteiger partial charge in [-0.25, -0.2) is 9.78 Å². The van der Waals surface area contributed by atoms with Crippen LogP contribution in [0.4, 0.5) is 4.79 Å². The molecule has 0 bridgehead atoms. The third kappa shape index (κ3) is 3.23. The van der Waals surface area contributed by atoms with E-state index in [9.17, 15) is 9.59 Å². The smallest absolute Gasteiger partial charge is 0.411 e. The van der Waals surface area contributed by atoms with Crippen LogP contribution in [-0.2, 0) is 14.1 Å². The van der Waals surface area contributed by atoms with Crippen LogP contribution >= 0.6 is 0 Å². The van der Waals surface area contributed by atoms with Crippen molar-refractivity contribution in [1.29, 1.82) is 0 Å². The number of benzene rings is 1. The maximum Gasteiger partial charge on any atom is 0.411 e. The molecule has 0 radical (unpaired) electrons. The lowest BCUT2D eigenvalue weighted by atomic mass is 10.0. The number of fused-ring (bicyclic) bond motifs is 2. The Morgan fingerprint density at radius 1 is 1.06 bits per heavy atom. The van der Waals surface area contributed by atoms with Crippen molar-refractivity contribution in [2.45, 2.75) is 0 Å². The second-order valence-corrected chi connectivity index (χ2v) is 7.30. The Morgan fingerprint density at radius 3 is 2.66 bits per heavy atom. The predicted molar refractivity (Wildman–Crippen MR) is 117 cm³/mol. The van der Waals surface area contributed by atoms with Gasteiger partial charge in [0, 0.05) is 48.4 Å². The molecule has 0 unspecified atom stereocenters. The number of nitrogens with zero attached hydrogens (tertiary/aromatic N) is 6. The summed E-state index contributed by atoms with van der Waals surface area (Å²) in [6.45, 7) is 0. The van der Waals surface area contributed by atoms with E-state index in [1.807, 2.05) is 43.8 Å². The van der Waals surface area contributed by atoms with E-state index >= 15 is 0 Å². The molecule has 0 fully saturated rings. The fourth-order valence-corrected chi connectivity index (χ4v) is 3.73. The number of carboxylic acid groups (broad SMARTS) is 1. The number of aryl methyl sites for hydroxylation is 2. The van der Waals surface area contributed by atoms with Crippen molar-refractivity contribution in [2.24, 2.45) is 14.1 Å². The van der Waals surface area contributed by atoms with Gasteiger partial charge in [0.05, 0.1) is 22.9 Å². The topological polar surface area (TPSA) is 128 Å². The molecule has 4 heterocycles. The molecule has 0 saturated carbocycles. The summed E-state index contributed by atoms with van der Waals surface area (Å²) in [5, 5.41) is 21.2. The first-order chi connectivity index (χ1) is 15.4. The molecule has 2 N–H and O–H groups in total. The molecule has 5 rings (SSSR count). The Balaban J connectivity index is 1.73. The SMILES string of the molecule is Cn1cc(-c2nn(C)c3ccc(-c4nc(C(=O)NC(=O)O)cc5cccnc45)cc23)cn1. The molecule has 158 valence electrons. The zero-order valence-corrected chi connectivity index (χ0v) is 17.1. The molecule has 0 aliphatic rings. The lowest BCUT2D eigenvalue weighted by Gasteiger charge is -2.09. The molecule has 0 saturated heterocycles. The summed E-state index contributed by atoms with van der Waals surface area (Å²) in [7, 11) is 3.71. The van der Waals surface area contributed by atoms with Crippen molar-refractivity contribution in [1.82, 2.24) is 34.8 Å². The molecule has 1 aromatic carbocycles. The minimum Gasteiger partial charge on any atom is -0.465 e. The quantitative estimate of drug-likeness (QED) is 0.453. The molecule has 10 nitrogen and oxygen atoms in total. The summed E-state index contributed by atoms with van der Waals surface area (Å²) < 4.78 is 3.51. The van der Waals surface area contributed by atoms with E-state index in [1.54, 1.807) is 33.9 Å².